The molecule has 1 aliphatic rings. The fraction of sp³-hybridized carbons (Fsp3) is 0.500. The second kappa shape index (κ2) is 4.49. The van der Waals surface area contributed by atoms with E-state index in [1.807, 2.05) is 6.20 Å². The third kappa shape index (κ3) is 2.07. The lowest BCUT2D eigenvalue weighted by atomic mass is 10.00. The summed E-state index contributed by atoms with van der Waals surface area (Å²) in [4.78, 5) is 0. The van der Waals surface area contributed by atoms with Crippen LogP contribution in [0.15, 0.2) is 24.4 Å². The second-order valence-corrected chi connectivity index (χ2v) is 5.05. The van der Waals surface area contributed by atoms with Gasteiger partial charge in [0.05, 0.1) is 11.7 Å². The maximum absolute atomic E-state index is 4.54. The Bertz CT molecular complexity index is 509. The Hall–Kier alpha value is -1.35. The first kappa shape index (κ1) is 10.8. The van der Waals surface area contributed by atoms with Crippen LogP contribution in [0.3, 0.4) is 0 Å². The van der Waals surface area contributed by atoms with E-state index in [0.29, 0.717) is 0 Å². The summed E-state index contributed by atoms with van der Waals surface area (Å²) in [6.07, 6.45) is 4.60. The molecule has 0 radical (unpaired) electrons. The van der Waals surface area contributed by atoms with Gasteiger partial charge in [0.1, 0.15) is 0 Å². The summed E-state index contributed by atoms with van der Waals surface area (Å²) >= 11 is 0. The molecule has 1 atom stereocenters. The summed E-state index contributed by atoms with van der Waals surface area (Å²) in [6.45, 7) is 5.52. The van der Waals surface area contributed by atoms with Gasteiger partial charge in [0.25, 0.3) is 0 Å². The molecule has 1 aromatic carbocycles. The van der Waals surface area contributed by atoms with Crippen molar-refractivity contribution >= 4 is 10.9 Å². The van der Waals surface area contributed by atoms with Crippen molar-refractivity contribution in [2.24, 2.45) is 5.92 Å². The molecular weight excluding hydrogens is 210 g/mol. The number of nitrogens with one attached hydrogen (secondary N) is 1. The van der Waals surface area contributed by atoms with Gasteiger partial charge in [-0.3, -0.25) is 4.68 Å². The third-order valence-corrected chi connectivity index (χ3v) is 3.69. The Morgan fingerprint density at radius 3 is 3.24 bits per heavy atom. The van der Waals surface area contributed by atoms with E-state index < -0.39 is 0 Å². The molecule has 1 fully saturated rings. The lowest BCUT2D eigenvalue weighted by molar-refractivity contribution is 0.329. The monoisotopic (exact) mass is 229 g/mol. The van der Waals surface area contributed by atoms with Gasteiger partial charge in [-0.25, -0.2) is 0 Å². The highest BCUT2D eigenvalue weighted by atomic mass is 15.3. The number of fused-ring (bicyclic) bond motifs is 1. The van der Waals surface area contributed by atoms with E-state index in [9.17, 15) is 0 Å². The molecule has 0 saturated carbocycles. The Balaban J connectivity index is 1.89. The maximum Gasteiger partial charge on any atom is 0.0711 e. The van der Waals surface area contributed by atoms with Gasteiger partial charge in [0.15, 0.2) is 0 Å². The molecule has 2 heterocycles. The van der Waals surface area contributed by atoms with Gasteiger partial charge in [-0.2, -0.15) is 5.10 Å². The summed E-state index contributed by atoms with van der Waals surface area (Å²) in [5, 5.41) is 9.27. The van der Waals surface area contributed by atoms with E-state index in [2.05, 4.69) is 40.2 Å². The zero-order valence-corrected chi connectivity index (χ0v) is 10.3. The van der Waals surface area contributed by atoms with Crippen LogP contribution in [0.4, 0.5) is 0 Å². The predicted octanol–water partition coefficient (Wildman–Crippen LogP) is 2.34. The molecule has 3 rings (SSSR count). The molecule has 0 amide bonds. The molecule has 1 unspecified atom stereocenters. The minimum atomic E-state index is 0.728. The number of nitrogens with zero attached hydrogens (tertiary/aromatic N) is 2. The van der Waals surface area contributed by atoms with Gasteiger partial charge in [-0.1, -0.05) is 18.2 Å². The van der Waals surface area contributed by atoms with Crippen molar-refractivity contribution in [2.75, 3.05) is 13.1 Å². The molecule has 0 aliphatic carbocycles. The molecular formula is C14H19N3. The number of aromatic nitrogens is 2. The van der Waals surface area contributed by atoms with E-state index in [-0.39, 0.29) is 0 Å². The molecule has 0 spiro atoms. The van der Waals surface area contributed by atoms with Gasteiger partial charge >= 0.3 is 0 Å². The van der Waals surface area contributed by atoms with E-state index in [0.717, 1.165) is 19.0 Å². The normalized spacial score (nSPS) is 20.9. The molecule has 1 aliphatic heterocycles. The molecule has 3 heteroatoms. The molecule has 3 nitrogen and oxygen atoms in total. The smallest absolute Gasteiger partial charge is 0.0711 e. The zero-order valence-electron chi connectivity index (χ0n) is 10.3. The van der Waals surface area contributed by atoms with Crippen molar-refractivity contribution in [1.82, 2.24) is 15.1 Å². The summed E-state index contributed by atoms with van der Waals surface area (Å²) in [5.74, 6) is 0.728. The number of piperidine rings is 1. The average molecular weight is 229 g/mol. The van der Waals surface area contributed by atoms with E-state index >= 15 is 0 Å². The lowest BCUT2D eigenvalue weighted by Crippen LogP contribution is -2.32. The Morgan fingerprint density at radius 2 is 2.41 bits per heavy atom. The van der Waals surface area contributed by atoms with Gasteiger partial charge in [0.2, 0.25) is 0 Å². The quantitative estimate of drug-likeness (QED) is 0.856. The number of rotatable bonds is 2. The van der Waals surface area contributed by atoms with Crippen LogP contribution < -0.4 is 5.32 Å². The Morgan fingerprint density at radius 1 is 1.47 bits per heavy atom. The first-order chi connectivity index (χ1) is 8.34. The van der Waals surface area contributed by atoms with Gasteiger partial charge in [0, 0.05) is 11.9 Å². The minimum absolute atomic E-state index is 0.728. The molecule has 1 saturated heterocycles. The van der Waals surface area contributed by atoms with Crippen LogP contribution in [0, 0.1) is 12.8 Å². The fourth-order valence-corrected chi connectivity index (χ4v) is 2.79. The minimum Gasteiger partial charge on any atom is -0.316 e. The van der Waals surface area contributed by atoms with Crippen LogP contribution in [-0.2, 0) is 6.54 Å². The highest BCUT2D eigenvalue weighted by Gasteiger charge is 2.15. The van der Waals surface area contributed by atoms with Crippen LogP contribution >= 0.6 is 0 Å². The number of para-hydroxylation sites is 1. The third-order valence-electron chi connectivity index (χ3n) is 3.69. The highest BCUT2D eigenvalue weighted by molar-refractivity contribution is 5.81. The molecule has 1 N–H and O–H groups in total. The summed E-state index contributed by atoms with van der Waals surface area (Å²) in [5.41, 5.74) is 2.63. The molecule has 0 bridgehead atoms. The fourth-order valence-electron chi connectivity index (χ4n) is 2.79. The summed E-state index contributed by atoms with van der Waals surface area (Å²) < 4.78 is 2.18. The molecule has 1 aromatic heterocycles. The van der Waals surface area contributed by atoms with Crippen molar-refractivity contribution in [2.45, 2.75) is 26.3 Å². The Labute approximate surface area is 102 Å². The van der Waals surface area contributed by atoms with Crippen molar-refractivity contribution < 1.29 is 0 Å². The number of hydrogen-bond acceptors (Lipinski definition) is 2. The molecule has 2 aromatic rings. The van der Waals surface area contributed by atoms with E-state index in [4.69, 9.17) is 0 Å². The molecule has 17 heavy (non-hydrogen) atoms. The largest absolute Gasteiger partial charge is 0.316 e. The van der Waals surface area contributed by atoms with Crippen molar-refractivity contribution in [3.63, 3.8) is 0 Å². The standard InChI is InChI=1S/C14H19N3/c1-11-4-2-6-13-9-16-17(14(11)13)10-12-5-3-7-15-8-12/h2,4,6,9,12,15H,3,5,7-8,10H2,1H3. The topological polar surface area (TPSA) is 29.9 Å². The van der Waals surface area contributed by atoms with Gasteiger partial charge in [-0.05, 0) is 44.3 Å². The van der Waals surface area contributed by atoms with Gasteiger partial charge in [-0.15, -0.1) is 0 Å². The summed E-state index contributed by atoms with van der Waals surface area (Å²) in [7, 11) is 0. The van der Waals surface area contributed by atoms with Crippen LogP contribution in [0.25, 0.3) is 10.9 Å². The number of aryl methyl sites for hydroxylation is 1. The van der Waals surface area contributed by atoms with Crippen LogP contribution in [0.2, 0.25) is 0 Å². The maximum atomic E-state index is 4.54. The van der Waals surface area contributed by atoms with Crippen LogP contribution in [-0.4, -0.2) is 22.9 Å². The predicted molar refractivity (Wildman–Crippen MR) is 70.1 cm³/mol. The second-order valence-electron chi connectivity index (χ2n) is 5.05. The average Bonchev–Trinajstić information content (AvgIpc) is 2.75. The van der Waals surface area contributed by atoms with Gasteiger partial charge < -0.3 is 5.32 Å². The first-order valence-electron chi connectivity index (χ1n) is 6.46. The lowest BCUT2D eigenvalue weighted by Gasteiger charge is -2.23. The van der Waals surface area contributed by atoms with Crippen LogP contribution in [0.1, 0.15) is 18.4 Å². The van der Waals surface area contributed by atoms with Crippen molar-refractivity contribution in [1.29, 1.82) is 0 Å². The van der Waals surface area contributed by atoms with E-state index in [1.165, 1.54) is 35.9 Å². The SMILES string of the molecule is Cc1cccc2cnn(CC3CCCNC3)c12. The highest BCUT2D eigenvalue weighted by Crippen LogP contribution is 2.20. The van der Waals surface area contributed by atoms with E-state index in [1.54, 1.807) is 0 Å². The van der Waals surface area contributed by atoms with Crippen molar-refractivity contribution in [3.05, 3.63) is 30.0 Å². The van der Waals surface area contributed by atoms with Crippen LogP contribution in [0.5, 0.6) is 0 Å². The first-order valence-corrected chi connectivity index (χ1v) is 6.46. The summed E-state index contributed by atoms with van der Waals surface area (Å²) in [6, 6.07) is 6.41. The molecule has 90 valence electrons. The zero-order chi connectivity index (χ0) is 11.7. The number of hydrogen-bond donors (Lipinski definition) is 1. The number of benzene rings is 1. The Kier molecular flexibility index (Phi) is 2.85. The van der Waals surface area contributed by atoms with Crippen molar-refractivity contribution in [3.8, 4) is 0 Å².